The summed E-state index contributed by atoms with van der Waals surface area (Å²) in [4.78, 5) is 7.94. The highest BCUT2D eigenvalue weighted by Gasteiger charge is 2.09. The summed E-state index contributed by atoms with van der Waals surface area (Å²) in [5, 5.41) is 3.72. The summed E-state index contributed by atoms with van der Waals surface area (Å²) in [5.41, 5.74) is 0.544. The van der Waals surface area contributed by atoms with Crippen LogP contribution in [-0.2, 0) is 6.42 Å². The Morgan fingerprint density at radius 1 is 1.54 bits per heavy atom. The number of aromatic nitrogens is 3. The fourth-order valence-corrected chi connectivity index (χ4v) is 0.888. The van der Waals surface area contributed by atoms with Crippen LogP contribution < -0.4 is 0 Å². The van der Waals surface area contributed by atoms with Crippen LogP contribution in [-0.4, -0.2) is 15.1 Å². The molecule has 0 saturated heterocycles. The van der Waals surface area contributed by atoms with Crippen LogP contribution >= 0.6 is 0 Å². The minimum atomic E-state index is 0.366. The minimum Gasteiger partial charge on any atom is -0.451 e. The number of allylic oxidation sites excluding steroid dienone is 1. The van der Waals surface area contributed by atoms with Gasteiger partial charge < -0.3 is 8.94 Å². The maximum atomic E-state index is 4.93. The second-order valence-electron chi connectivity index (χ2n) is 2.38. The molecular weight excluding hydrogens is 170 g/mol. The zero-order valence-corrected chi connectivity index (χ0v) is 6.80. The quantitative estimate of drug-likeness (QED) is 0.664. The van der Waals surface area contributed by atoms with Gasteiger partial charge >= 0.3 is 0 Å². The van der Waals surface area contributed by atoms with Gasteiger partial charge in [0.05, 0.1) is 0 Å². The molecule has 5 nitrogen and oxygen atoms in total. The van der Waals surface area contributed by atoms with Gasteiger partial charge in [-0.05, 0) is 0 Å². The maximum Gasteiger partial charge on any atom is 0.279 e. The molecule has 2 aromatic heterocycles. The zero-order valence-electron chi connectivity index (χ0n) is 6.80. The summed E-state index contributed by atoms with van der Waals surface area (Å²) in [6.45, 7) is 3.57. The average molecular weight is 177 g/mol. The fourth-order valence-electron chi connectivity index (χ4n) is 0.888. The molecule has 0 aliphatic heterocycles. The first kappa shape index (κ1) is 7.72. The Kier molecular flexibility index (Phi) is 1.91. The van der Waals surface area contributed by atoms with Crippen molar-refractivity contribution in [2.24, 2.45) is 0 Å². The van der Waals surface area contributed by atoms with Crippen molar-refractivity contribution in [3.05, 3.63) is 31.1 Å². The van der Waals surface area contributed by atoms with Crippen LogP contribution in [0.25, 0.3) is 11.6 Å². The fraction of sp³-hybridized carbons (Fsp3) is 0.125. The number of rotatable bonds is 3. The monoisotopic (exact) mass is 177 g/mol. The molecule has 0 N–H and O–H groups in total. The maximum absolute atomic E-state index is 4.93. The van der Waals surface area contributed by atoms with Crippen LogP contribution in [0.1, 0.15) is 5.82 Å². The van der Waals surface area contributed by atoms with Crippen molar-refractivity contribution < 1.29 is 8.94 Å². The molecule has 0 aliphatic carbocycles. The van der Waals surface area contributed by atoms with Crippen LogP contribution in [0.2, 0.25) is 0 Å². The van der Waals surface area contributed by atoms with E-state index in [-0.39, 0.29) is 0 Å². The Morgan fingerprint density at radius 3 is 3.15 bits per heavy atom. The summed E-state index contributed by atoms with van der Waals surface area (Å²) in [6.07, 6.45) is 5.05. The number of oxazole rings is 1. The van der Waals surface area contributed by atoms with Crippen LogP contribution in [0.4, 0.5) is 0 Å². The SMILES string of the molecule is C=CCc1noc(-c2cocn2)n1. The number of nitrogens with zero attached hydrogens (tertiary/aromatic N) is 3. The minimum absolute atomic E-state index is 0.366. The lowest BCUT2D eigenvalue weighted by molar-refractivity contribution is 0.422. The van der Waals surface area contributed by atoms with E-state index in [1.54, 1.807) is 6.08 Å². The molecule has 13 heavy (non-hydrogen) atoms. The summed E-state index contributed by atoms with van der Waals surface area (Å²) in [6, 6.07) is 0. The summed E-state index contributed by atoms with van der Waals surface area (Å²) >= 11 is 0. The van der Waals surface area contributed by atoms with Gasteiger partial charge in [-0.25, -0.2) is 4.98 Å². The van der Waals surface area contributed by atoms with Gasteiger partial charge in [0.1, 0.15) is 6.26 Å². The highest BCUT2D eigenvalue weighted by molar-refractivity contribution is 5.42. The summed E-state index contributed by atoms with van der Waals surface area (Å²) < 4.78 is 9.71. The molecule has 0 aromatic carbocycles. The molecule has 0 saturated carbocycles. The van der Waals surface area contributed by atoms with Crippen LogP contribution in [0.3, 0.4) is 0 Å². The van der Waals surface area contributed by atoms with Gasteiger partial charge in [-0.1, -0.05) is 11.2 Å². The normalized spacial score (nSPS) is 10.2. The van der Waals surface area contributed by atoms with E-state index in [2.05, 4.69) is 21.7 Å². The van der Waals surface area contributed by atoms with Crippen molar-refractivity contribution in [3.63, 3.8) is 0 Å². The molecule has 0 aliphatic rings. The first-order valence-electron chi connectivity index (χ1n) is 3.72. The van der Waals surface area contributed by atoms with Crippen molar-refractivity contribution in [1.82, 2.24) is 15.1 Å². The Balaban J connectivity index is 2.28. The predicted molar refractivity (Wildman–Crippen MR) is 43.7 cm³/mol. The predicted octanol–water partition coefficient (Wildman–Crippen LogP) is 1.45. The summed E-state index contributed by atoms with van der Waals surface area (Å²) in [5.74, 6) is 0.957. The molecule has 2 aromatic rings. The Labute approximate surface area is 74.1 Å². The Bertz CT molecular complexity index is 391. The highest BCUT2D eigenvalue weighted by Crippen LogP contribution is 2.13. The van der Waals surface area contributed by atoms with Crippen molar-refractivity contribution in [1.29, 1.82) is 0 Å². The van der Waals surface area contributed by atoms with Crippen molar-refractivity contribution in [2.45, 2.75) is 6.42 Å². The molecule has 2 heterocycles. The number of hydrogen-bond acceptors (Lipinski definition) is 5. The van der Waals surface area contributed by atoms with Crippen LogP contribution in [0, 0.1) is 0 Å². The van der Waals surface area contributed by atoms with E-state index < -0.39 is 0 Å². The van der Waals surface area contributed by atoms with Crippen molar-refractivity contribution in [3.8, 4) is 11.6 Å². The lowest BCUT2D eigenvalue weighted by Gasteiger charge is -1.80. The molecule has 0 atom stereocenters. The largest absolute Gasteiger partial charge is 0.451 e. The van der Waals surface area contributed by atoms with Crippen LogP contribution in [0.5, 0.6) is 0 Å². The third-order valence-electron chi connectivity index (χ3n) is 1.45. The molecule has 0 fully saturated rings. The molecule has 0 unspecified atom stereocenters. The van der Waals surface area contributed by atoms with E-state index >= 15 is 0 Å². The van der Waals surface area contributed by atoms with Gasteiger partial charge in [0, 0.05) is 6.42 Å². The summed E-state index contributed by atoms with van der Waals surface area (Å²) in [7, 11) is 0. The van der Waals surface area contributed by atoms with Gasteiger partial charge in [0.15, 0.2) is 17.9 Å². The highest BCUT2D eigenvalue weighted by atomic mass is 16.5. The third kappa shape index (κ3) is 1.48. The third-order valence-corrected chi connectivity index (χ3v) is 1.45. The Morgan fingerprint density at radius 2 is 2.46 bits per heavy atom. The molecule has 0 spiro atoms. The standard InChI is InChI=1S/C8H7N3O2/c1-2-3-7-10-8(13-11-7)6-4-12-5-9-6/h2,4-5H,1,3H2. The molecule has 0 bridgehead atoms. The first-order chi connectivity index (χ1) is 6.40. The van der Waals surface area contributed by atoms with E-state index in [1.165, 1.54) is 12.7 Å². The van der Waals surface area contributed by atoms with Crippen LogP contribution in [0.15, 0.2) is 34.3 Å². The molecule has 66 valence electrons. The lowest BCUT2D eigenvalue weighted by atomic mass is 10.4. The van der Waals surface area contributed by atoms with Gasteiger partial charge in [0.25, 0.3) is 5.89 Å². The van der Waals surface area contributed by atoms with E-state index in [0.717, 1.165) is 0 Å². The average Bonchev–Trinajstić information content (AvgIpc) is 2.70. The molecule has 0 amide bonds. The van der Waals surface area contributed by atoms with Crippen molar-refractivity contribution in [2.75, 3.05) is 0 Å². The van der Waals surface area contributed by atoms with E-state index in [4.69, 9.17) is 8.94 Å². The van der Waals surface area contributed by atoms with Gasteiger partial charge in [0.2, 0.25) is 0 Å². The van der Waals surface area contributed by atoms with Gasteiger partial charge in [-0.15, -0.1) is 6.58 Å². The first-order valence-corrected chi connectivity index (χ1v) is 3.72. The molecule has 5 heteroatoms. The number of hydrogen-bond donors (Lipinski definition) is 0. The molecule has 2 rings (SSSR count). The van der Waals surface area contributed by atoms with E-state index in [1.807, 2.05) is 0 Å². The second kappa shape index (κ2) is 3.22. The topological polar surface area (TPSA) is 65.0 Å². The second-order valence-corrected chi connectivity index (χ2v) is 2.38. The van der Waals surface area contributed by atoms with Crippen molar-refractivity contribution >= 4 is 0 Å². The Hall–Kier alpha value is -1.91. The molecule has 0 radical (unpaired) electrons. The van der Waals surface area contributed by atoms with E-state index in [9.17, 15) is 0 Å². The zero-order chi connectivity index (χ0) is 9.10. The lowest BCUT2D eigenvalue weighted by Crippen LogP contribution is -1.83. The molecular formula is C8H7N3O2. The van der Waals surface area contributed by atoms with Gasteiger partial charge in [-0.3, -0.25) is 0 Å². The van der Waals surface area contributed by atoms with Gasteiger partial charge in [-0.2, -0.15) is 4.98 Å². The smallest absolute Gasteiger partial charge is 0.279 e. The van der Waals surface area contributed by atoms with E-state index in [0.29, 0.717) is 23.8 Å².